The number of nitro groups is 1. The number of thioether (sulfide) groups is 1. The molecule has 0 bridgehead atoms. The van der Waals surface area contributed by atoms with Gasteiger partial charge in [-0.2, -0.15) is 0 Å². The van der Waals surface area contributed by atoms with Crippen LogP contribution in [0.4, 0.5) is 5.69 Å². The van der Waals surface area contributed by atoms with E-state index in [2.05, 4.69) is 13.8 Å². The molecule has 0 aliphatic rings. The van der Waals surface area contributed by atoms with Crippen LogP contribution in [0.15, 0.2) is 23.1 Å². The predicted octanol–water partition coefficient (Wildman–Crippen LogP) is 3.16. The molecule has 0 saturated heterocycles. The van der Waals surface area contributed by atoms with Crippen molar-refractivity contribution in [3.63, 3.8) is 0 Å². The van der Waals surface area contributed by atoms with Gasteiger partial charge in [-0.25, -0.2) is 0 Å². The maximum Gasteiger partial charge on any atom is 0.279 e. The SMILES string of the molecule is CC(C)CSc1ccc([N+](=O)[O-])c(C=O)c1. The minimum atomic E-state index is -0.541. The lowest BCUT2D eigenvalue weighted by molar-refractivity contribution is -0.385. The van der Waals surface area contributed by atoms with E-state index >= 15 is 0 Å². The van der Waals surface area contributed by atoms with Crippen LogP contribution in [0.5, 0.6) is 0 Å². The molecule has 0 saturated carbocycles. The number of hydrogen-bond donors (Lipinski definition) is 0. The summed E-state index contributed by atoms with van der Waals surface area (Å²) in [5.41, 5.74) is 0.00246. The second-order valence-corrected chi connectivity index (χ2v) is 4.89. The summed E-state index contributed by atoms with van der Waals surface area (Å²) < 4.78 is 0. The minimum Gasteiger partial charge on any atom is -0.298 e. The highest BCUT2D eigenvalue weighted by molar-refractivity contribution is 7.99. The van der Waals surface area contributed by atoms with Crippen molar-refractivity contribution >= 4 is 23.7 Å². The van der Waals surface area contributed by atoms with Crippen LogP contribution in [-0.2, 0) is 0 Å². The van der Waals surface area contributed by atoms with Gasteiger partial charge < -0.3 is 0 Å². The Bertz CT molecular complexity index is 404. The van der Waals surface area contributed by atoms with E-state index in [4.69, 9.17) is 0 Å². The molecule has 0 fully saturated rings. The predicted molar refractivity (Wildman–Crippen MR) is 64.0 cm³/mol. The molecular formula is C11H13NO3S. The summed E-state index contributed by atoms with van der Waals surface area (Å²) in [6, 6.07) is 4.63. The number of carbonyl (C=O) groups excluding carboxylic acids is 1. The topological polar surface area (TPSA) is 60.2 Å². The molecule has 0 spiro atoms. The number of rotatable bonds is 5. The van der Waals surface area contributed by atoms with Gasteiger partial charge in [0.1, 0.15) is 0 Å². The Morgan fingerprint density at radius 1 is 1.50 bits per heavy atom. The number of hydrogen-bond acceptors (Lipinski definition) is 4. The Kier molecular flexibility index (Phi) is 4.49. The van der Waals surface area contributed by atoms with Crippen molar-refractivity contribution in [2.75, 3.05) is 5.75 Å². The fourth-order valence-corrected chi connectivity index (χ4v) is 2.05. The fraction of sp³-hybridized carbons (Fsp3) is 0.364. The summed E-state index contributed by atoms with van der Waals surface area (Å²) in [5.74, 6) is 1.47. The Hall–Kier alpha value is -1.36. The lowest BCUT2D eigenvalue weighted by Crippen LogP contribution is -1.95. The highest BCUT2D eigenvalue weighted by Gasteiger charge is 2.13. The summed E-state index contributed by atoms with van der Waals surface area (Å²) in [7, 11) is 0. The summed E-state index contributed by atoms with van der Waals surface area (Å²) in [4.78, 5) is 21.7. The molecule has 16 heavy (non-hydrogen) atoms. The van der Waals surface area contributed by atoms with Gasteiger partial charge in [0.05, 0.1) is 10.5 Å². The molecule has 0 N–H and O–H groups in total. The maximum atomic E-state index is 10.7. The molecule has 0 radical (unpaired) electrons. The zero-order chi connectivity index (χ0) is 12.1. The molecule has 1 rings (SSSR count). The van der Waals surface area contributed by atoms with Crippen LogP contribution in [0.3, 0.4) is 0 Å². The van der Waals surface area contributed by atoms with Gasteiger partial charge in [0.15, 0.2) is 6.29 Å². The third-order valence-electron chi connectivity index (χ3n) is 1.91. The first-order valence-electron chi connectivity index (χ1n) is 4.91. The van der Waals surface area contributed by atoms with Crippen LogP contribution in [0.2, 0.25) is 0 Å². The molecule has 1 aromatic carbocycles. The summed E-state index contributed by atoms with van der Waals surface area (Å²) in [5, 5.41) is 10.6. The molecule has 1 aromatic rings. The number of aldehydes is 1. The third-order valence-corrected chi connectivity index (χ3v) is 3.33. The molecule has 0 aliphatic heterocycles. The van der Waals surface area contributed by atoms with Crippen molar-refractivity contribution in [3.05, 3.63) is 33.9 Å². The highest BCUT2D eigenvalue weighted by Crippen LogP contribution is 2.26. The highest BCUT2D eigenvalue weighted by atomic mass is 32.2. The molecule has 0 amide bonds. The summed E-state index contributed by atoms with van der Waals surface area (Å²) in [6.45, 7) is 4.19. The molecule has 86 valence electrons. The van der Waals surface area contributed by atoms with Gasteiger partial charge >= 0.3 is 0 Å². The van der Waals surface area contributed by atoms with Crippen molar-refractivity contribution in [2.24, 2.45) is 5.92 Å². The number of nitrogens with zero attached hydrogens (tertiary/aromatic N) is 1. The summed E-state index contributed by atoms with van der Waals surface area (Å²) in [6.07, 6.45) is 0.525. The first kappa shape index (κ1) is 12.7. The van der Waals surface area contributed by atoms with E-state index < -0.39 is 4.92 Å². The van der Waals surface area contributed by atoms with Gasteiger partial charge in [-0.15, -0.1) is 11.8 Å². The molecular weight excluding hydrogens is 226 g/mol. The Morgan fingerprint density at radius 2 is 2.19 bits per heavy atom. The van der Waals surface area contributed by atoms with Crippen LogP contribution in [0, 0.1) is 16.0 Å². The van der Waals surface area contributed by atoms with E-state index in [-0.39, 0.29) is 11.3 Å². The van der Waals surface area contributed by atoms with Gasteiger partial charge in [0.2, 0.25) is 0 Å². The third kappa shape index (κ3) is 3.34. The zero-order valence-electron chi connectivity index (χ0n) is 9.17. The van der Waals surface area contributed by atoms with Crippen molar-refractivity contribution in [3.8, 4) is 0 Å². The monoisotopic (exact) mass is 239 g/mol. The Morgan fingerprint density at radius 3 is 2.69 bits per heavy atom. The average Bonchev–Trinajstić information content (AvgIpc) is 2.25. The fourth-order valence-electron chi connectivity index (χ4n) is 1.15. The van der Waals surface area contributed by atoms with Crippen molar-refractivity contribution < 1.29 is 9.72 Å². The van der Waals surface area contributed by atoms with Crippen molar-refractivity contribution in [2.45, 2.75) is 18.7 Å². The van der Waals surface area contributed by atoms with E-state index in [1.165, 1.54) is 6.07 Å². The standard InChI is InChI=1S/C11H13NO3S/c1-8(2)7-16-10-3-4-11(12(14)15)9(5-10)6-13/h3-6,8H,7H2,1-2H3. The zero-order valence-corrected chi connectivity index (χ0v) is 9.99. The number of nitro benzene ring substituents is 1. The first-order chi connectivity index (χ1) is 7.54. The van der Waals surface area contributed by atoms with E-state index in [9.17, 15) is 14.9 Å². The lowest BCUT2D eigenvalue weighted by Gasteiger charge is -2.05. The van der Waals surface area contributed by atoms with Crippen LogP contribution < -0.4 is 0 Å². The van der Waals surface area contributed by atoms with E-state index in [1.54, 1.807) is 23.9 Å². The largest absolute Gasteiger partial charge is 0.298 e. The number of carbonyl (C=O) groups is 1. The van der Waals surface area contributed by atoms with Crippen LogP contribution in [-0.4, -0.2) is 17.0 Å². The van der Waals surface area contributed by atoms with Crippen LogP contribution in [0.1, 0.15) is 24.2 Å². The molecule has 0 unspecified atom stereocenters. The van der Waals surface area contributed by atoms with Gasteiger partial charge in [-0.05, 0) is 18.1 Å². The second kappa shape index (κ2) is 5.65. The second-order valence-electron chi connectivity index (χ2n) is 3.80. The molecule has 0 heterocycles. The minimum absolute atomic E-state index is 0.135. The molecule has 4 nitrogen and oxygen atoms in total. The van der Waals surface area contributed by atoms with Crippen molar-refractivity contribution in [1.82, 2.24) is 0 Å². The van der Waals surface area contributed by atoms with Crippen LogP contribution >= 0.6 is 11.8 Å². The number of benzene rings is 1. The molecule has 0 aromatic heterocycles. The van der Waals surface area contributed by atoms with Gasteiger partial charge in [-0.1, -0.05) is 13.8 Å². The van der Waals surface area contributed by atoms with E-state index in [0.29, 0.717) is 12.2 Å². The van der Waals surface area contributed by atoms with Crippen LogP contribution in [0.25, 0.3) is 0 Å². The average molecular weight is 239 g/mol. The van der Waals surface area contributed by atoms with Gasteiger partial charge in [-0.3, -0.25) is 14.9 Å². The molecule has 5 heteroatoms. The maximum absolute atomic E-state index is 10.7. The molecule has 0 atom stereocenters. The summed E-state index contributed by atoms with van der Waals surface area (Å²) >= 11 is 1.60. The van der Waals surface area contributed by atoms with Gasteiger partial charge in [0, 0.05) is 16.7 Å². The first-order valence-corrected chi connectivity index (χ1v) is 5.89. The normalized spacial score (nSPS) is 10.4. The van der Waals surface area contributed by atoms with Gasteiger partial charge in [0.25, 0.3) is 5.69 Å². The Balaban J connectivity index is 2.91. The smallest absolute Gasteiger partial charge is 0.279 e. The van der Waals surface area contributed by atoms with E-state index in [1.807, 2.05) is 0 Å². The quantitative estimate of drug-likeness (QED) is 0.343. The van der Waals surface area contributed by atoms with E-state index in [0.717, 1.165) is 10.6 Å². The lowest BCUT2D eigenvalue weighted by atomic mass is 10.2. The van der Waals surface area contributed by atoms with Crippen molar-refractivity contribution in [1.29, 1.82) is 0 Å². The Labute approximate surface area is 98.2 Å². The molecule has 0 aliphatic carbocycles.